The van der Waals surface area contributed by atoms with Gasteiger partial charge in [0.1, 0.15) is 12.4 Å². The first-order valence-corrected chi connectivity index (χ1v) is 9.29. The molecule has 1 aromatic heterocycles. The number of ether oxygens (including phenoxy) is 1. The summed E-state index contributed by atoms with van der Waals surface area (Å²) in [6, 6.07) is 18.0. The highest BCUT2D eigenvalue weighted by Crippen LogP contribution is 2.28. The third kappa shape index (κ3) is 3.56. The van der Waals surface area contributed by atoms with Crippen LogP contribution in [-0.4, -0.2) is 22.3 Å². The molecule has 4 heteroatoms. The molecule has 0 unspecified atom stereocenters. The average Bonchev–Trinajstić information content (AvgIpc) is 3.02. The number of aromatic nitrogens is 1. The molecule has 27 heavy (non-hydrogen) atoms. The normalized spacial score (nSPS) is 12.9. The standard InChI is InChI=1S/C23H22N2O2/c1-2-12-25-15-18-13-20(8-9-22(18)23(25)26)27-16-19-14-24-11-10-21(19)17-6-4-3-5-7-17/h3-11,13-14H,2,12,15-16H2,1H3. The lowest BCUT2D eigenvalue weighted by Gasteiger charge is -2.13. The number of fused-ring (bicyclic) bond motifs is 1. The van der Waals surface area contributed by atoms with Crippen molar-refractivity contribution >= 4 is 5.91 Å². The van der Waals surface area contributed by atoms with Crippen LogP contribution >= 0.6 is 0 Å². The lowest BCUT2D eigenvalue weighted by Crippen LogP contribution is -2.24. The number of benzene rings is 2. The van der Waals surface area contributed by atoms with Crippen LogP contribution in [0.1, 0.15) is 34.8 Å². The van der Waals surface area contributed by atoms with Crippen LogP contribution in [0, 0.1) is 0 Å². The minimum absolute atomic E-state index is 0.122. The Morgan fingerprint density at radius 1 is 1.07 bits per heavy atom. The molecule has 0 radical (unpaired) electrons. The number of rotatable bonds is 6. The predicted octanol–water partition coefficient (Wildman–Crippen LogP) is 4.69. The van der Waals surface area contributed by atoms with E-state index in [4.69, 9.17) is 4.74 Å². The average molecular weight is 358 g/mol. The monoisotopic (exact) mass is 358 g/mol. The van der Waals surface area contributed by atoms with Crippen molar-refractivity contribution in [3.05, 3.63) is 83.7 Å². The van der Waals surface area contributed by atoms with Gasteiger partial charge in [-0.05, 0) is 47.4 Å². The topological polar surface area (TPSA) is 42.4 Å². The Kier molecular flexibility index (Phi) is 4.88. The Morgan fingerprint density at radius 3 is 2.74 bits per heavy atom. The predicted molar refractivity (Wildman–Crippen MR) is 105 cm³/mol. The molecule has 1 aliphatic heterocycles. The summed E-state index contributed by atoms with van der Waals surface area (Å²) in [4.78, 5) is 18.5. The second-order valence-corrected chi connectivity index (χ2v) is 6.73. The summed E-state index contributed by atoms with van der Waals surface area (Å²) in [5.74, 6) is 0.903. The molecular weight excluding hydrogens is 336 g/mol. The number of carbonyl (C=O) groups is 1. The number of amides is 1. The van der Waals surface area contributed by atoms with E-state index in [1.807, 2.05) is 53.6 Å². The van der Waals surface area contributed by atoms with Crippen LogP contribution in [0.25, 0.3) is 11.1 Å². The summed E-state index contributed by atoms with van der Waals surface area (Å²) in [5, 5.41) is 0. The van der Waals surface area contributed by atoms with E-state index in [0.29, 0.717) is 13.2 Å². The van der Waals surface area contributed by atoms with Gasteiger partial charge in [0.05, 0.1) is 0 Å². The van der Waals surface area contributed by atoms with Crippen molar-refractivity contribution in [1.82, 2.24) is 9.88 Å². The summed E-state index contributed by atoms with van der Waals surface area (Å²) < 4.78 is 6.04. The Hall–Kier alpha value is -3.14. The van der Waals surface area contributed by atoms with Crippen LogP contribution < -0.4 is 4.74 Å². The molecule has 1 amide bonds. The summed E-state index contributed by atoms with van der Waals surface area (Å²) >= 11 is 0. The van der Waals surface area contributed by atoms with Crippen molar-refractivity contribution in [2.24, 2.45) is 0 Å². The number of hydrogen-bond donors (Lipinski definition) is 0. The van der Waals surface area contributed by atoms with Crippen LogP contribution in [0.2, 0.25) is 0 Å². The van der Waals surface area contributed by atoms with Crippen LogP contribution in [0.4, 0.5) is 0 Å². The fraction of sp³-hybridized carbons (Fsp3) is 0.217. The van der Waals surface area contributed by atoms with Gasteiger partial charge in [-0.2, -0.15) is 0 Å². The van der Waals surface area contributed by atoms with Crippen molar-refractivity contribution in [2.45, 2.75) is 26.5 Å². The van der Waals surface area contributed by atoms with Gasteiger partial charge < -0.3 is 9.64 Å². The summed E-state index contributed by atoms with van der Waals surface area (Å²) in [6.07, 6.45) is 4.61. The van der Waals surface area contributed by atoms with Crippen molar-refractivity contribution in [3.8, 4) is 16.9 Å². The van der Waals surface area contributed by atoms with E-state index in [-0.39, 0.29) is 5.91 Å². The van der Waals surface area contributed by atoms with E-state index in [9.17, 15) is 4.79 Å². The summed E-state index contributed by atoms with van der Waals surface area (Å²) in [5.41, 5.74) is 5.14. The Labute approximate surface area is 159 Å². The van der Waals surface area contributed by atoms with Crippen molar-refractivity contribution in [1.29, 1.82) is 0 Å². The third-order valence-electron chi connectivity index (χ3n) is 4.83. The molecule has 4 nitrogen and oxygen atoms in total. The maximum atomic E-state index is 12.4. The van der Waals surface area contributed by atoms with E-state index in [2.05, 4.69) is 24.0 Å². The van der Waals surface area contributed by atoms with Gasteiger partial charge in [0.2, 0.25) is 0 Å². The molecule has 0 bridgehead atoms. The first-order chi connectivity index (χ1) is 13.3. The minimum atomic E-state index is 0.122. The number of nitrogens with zero attached hydrogens (tertiary/aromatic N) is 2. The largest absolute Gasteiger partial charge is 0.489 e. The van der Waals surface area contributed by atoms with E-state index < -0.39 is 0 Å². The van der Waals surface area contributed by atoms with Gasteiger partial charge in [-0.25, -0.2) is 0 Å². The molecule has 136 valence electrons. The molecule has 0 atom stereocenters. The maximum Gasteiger partial charge on any atom is 0.254 e. The van der Waals surface area contributed by atoms with Gasteiger partial charge >= 0.3 is 0 Å². The van der Waals surface area contributed by atoms with Gasteiger partial charge in [0.15, 0.2) is 0 Å². The van der Waals surface area contributed by atoms with Crippen molar-refractivity contribution in [3.63, 3.8) is 0 Å². The van der Waals surface area contributed by atoms with E-state index in [1.165, 1.54) is 0 Å². The van der Waals surface area contributed by atoms with E-state index in [1.54, 1.807) is 6.20 Å². The van der Waals surface area contributed by atoms with Gasteiger partial charge in [-0.3, -0.25) is 9.78 Å². The van der Waals surface area contributed by atoms with Gasteiger partial charge in [-0.15, -0.1) is 0 Å². The number of pyridine rings is 1. The molecule has 2 aromatic carbocycles. The van der Waals surface area contributed by atoms with Crippen LogP contribution in [0.15, 0.2) is 67.0 Å². The summed E-state index contributed by atoms with van der Waals surface area (Å²) in [7, 11) is 0. The highest BCUT2D eigenvalue weighted by atomic mass is 16.5. The van der Waals surface area contributed by atoms with Gasteiger partial charge in [-0.1, -0.05) is 37.3 Å². The van der Waals surface area contributed by atoms with Crippen LogP contribution in [0.3, 0.4) is 0 Å². The maximum absolute atomic E-state index is 12.4. The Morgan fingerprint density at radius 2 is 1.93 bits per heavy atom. The zero-order valence-electron chi connectivity index (χ0n) is 15.4. The molecule has 0 spiro atoms. The van der Waals surface area contributed by atoms with Gasteiger partial charge in [0.25, 0.3) is 5.91 Å². The first kappa shape index (κ1) is 17.3. The fourth-order valence-corrected chi connectivity index (χ4v) is 3.50. The number of carbonyl (C=O) groups excluding carboxylic acids is 1. The molecule has 0 aliphatic carbocycles. The fourth-order valence-electron chi connectivity index (χ4n) is 3.50. The molecular formula is C23H22N2O2. The smallest absolute Gasteiger partial charge is 0.254 e. The molecule has 0 N–H and O–H groups in total. The second-order valence-electron chi connectivity index (χ2n) is 6.73. The van der Waals surface area contributed by atoms with Gasteiger partial charge in [0, 0.05) is 36.6 Å². The molecule has 2 heterocycles. The SMILES string of the molecule is CCCN1Cc2cc(OCc3cnccc3-c3ccccc3)ccc2C1=O. The van der Waals surface area contributed by atoms with Crippen molar-refractivity contribution < 1.29 is 9.53 Å². The zero-order valence-corrected chi connectivity index (χ0v) is 15.4. The number of hydrogen-bond acceptors (Lipinski definition) is 3. The van der Waals surface area contributed by atoms with E-state index in [0.717, 1.165) is 46.5 Å². The highest BCUT2D eigenvalue weighted by molar-refractivity contribution is 5.98. The van der Waals surface area contributed by atoms with Crippen LogP contribution in [-0.2, 0) is 13.2 Å². The van der Waals surface area contributed by atoms with Crippen LogP contribution in [0.5, 0.6) is 5.75 Å². The molecule has 4 rings (SSSR count). The molecule has 3 aromatic rings. The second kappa shape index (κ2) is 7.62. The lowest BCUT2D eigenvalue weighted by molar-refractivity contribution is 0.0778. The molecule has 0 saturated carbocycles. The molecule has 0 fully saturated rings. The molecule has 1 aliphatic rings. The van der Waals surface area contributed by atoms with E-state index >= 15 is 0 Å². The van der Waals surface area contributed by atoms with Crippen molar-refractivity contribution in [2.75, 3.05) is 6.54 Å². The Balaban J connectivity index is 1.52. The molecule has 0 saturated heterocycles. The quantitative estimate of drug-likeness (QED) is 0.642. The third-order valence-corrected chi connectivity index (χ3v) is 4.83. The highest BCUT2D eigenvalue weighted by Gasteiger charge is 2.26. The lowest BCUT2D eigenvalue weighted by atomic mass is 10.0. The Bertz CT molecular complexity index is 954. The first-order valence-electron chi connectivity index (χ1n) is 9.29. The zero-order chi connectivity index (χ0) is 18.6. The summed E-state index contributed by atoms with van der Waals surface area (Å²) in [6.45, 7) is 3.98. The minimum Gasteiger partial charge on any atom is -0.489 e.